The normalized spacial score (nSPS) is 11.9. The molecular weight excluding hydrogens is 296 g/mol. The van der Waals surface area contributed by atoms with Gasteiger partial charge in [0.2, 0.25) is 12.7 Å². The molecule has 23 heavy (non-hydrogen) atoms. The molecule has 3 rings (SSSR count). The number of anilines is 2. The Morgan fingerprint density at radius 2 is 2.00 bits per heavy atom. The average molecular weight is 314 g/mol. The zero-order valence-corrected chi connectivity index (χ0v) is 12.8. The number of para-hydroxylation sites is 2. The van der Waals surface area contributed by atoms with E-state index in [4.69, 9.17) is 14.2 Å². The minimum Gasteiger partial charge on any atom is -0.492 e. The minimum absolute atomic E-state index is 0.137. The molecule has 2 N–H and O–H groups in total. The van der Waals surface area contributed by atoms with Crippen LogP contribution in [0.3, 0.4) is 0 Å². The minimum atomic E-state index is -0.157. The topological polar surface area (TPSA) is 68.8 Å². The second-order valence-electron chi connectivity index (χ2n) is 4.90. The average Bonchev–Trinajstić information content (AvgIpc) is 3.02. The SMILES string of the molecule is CCOc1ccccc1NCC(=O)Nc1ccc2c(c1)OCO2. The van der Waals surface area contributed by atoms with E-state index in [0.717, 1.165) is 11.4 Å². The Balaban J connectivity index is 1.58. The smallest absolute Gasteiger partial charge is 0.243 e. The van der Waals surface area contributed by atoms with E-state index >= 15 is 0 Å². The summed E-state index contributed by atoms with van der Waals surface area (Å²) in [6, 6.07) is 12.8. The van der Waals surface area contributed by atoms with Gasteiger partial charge in [-0.2, -0.15) is 0 Å². The number of benzene rings is 2. The summed E-state index contributed by atoms with van der Waals surface area (Å²) in [6.45, 7) is 2.84. The number of hydrogen-bond donors (Lipinski definition) is 2. The van der Waals surface area contributed by atoms with E-state index in [-0.39, 0.29) is 19.2 Å². The van der Waals surface area contributed by atoms with E-state index in [2.05, 4.69) is 10.6 Å². The molecule has 0 radical (unpaired) electrons. The number of carbonyl (C=O) groups is 1. The van der Waals surface area contributed by atoms with Crippen LogP contribution in [0.2, 0.25) is 0 Å². The fraction of sp³-hybridized carbons (Fsp3) is 0.235. The molecule has 0 saturated heterocycles. The Morgan fingerprint density at radius 1 is 1.17 bits per heavy atom. The van der Waals surface area contributed by atoms with Crippen LogP contribution in [0.1, 0.15) is 6.92 Å². The molecule has 2 aromatic carbocycles. The molecule has 1 aliphatic heterocycles. The maximum absolute atomic E-state index is 12.1. The molecule has 0 atom stereocenters. The molecule has 6 heteroatoms. The lowest BCUT2D eigenvalue weighted by atomic mass is 10.2. The van der Waals surface area contributed by atoms with E-state index < -0.39 is 0 Å². The summed E-state index contributed by atoms with van der Waals surface area (Å²) >= 11 is 0. The van der Waals surface area contributed by atoms with Gasteiger partial charge in [-0.05, 0) is 31.2 Å². The number of rotatable bonds is 6. The van der Waals surface area contributed by atoms with Crippen LogP contribution in [-0.4, -0.2) is 25.9 Å². The molecule has 0 bridgehead atoms. The Labute approximate surface area is 134 Å². The van der Waals surface area contributed by atoms with Gasteiger partial charge in [-0.1, -0.05) is 12.1 Å². The first kappa shape index (κ1) is 15.0. The zero-order valence-electron chi connectivity index (χ0n) is 12.8. The summed E-state index contributed by atoms with van der Waals surface area (Å²) in [4.78, 5) is 12.1. The summed E-state index contributed by atoms with van der Waals surface area (Å²) in [5.41, 5.74) is 1.45. The monoisotopic (exact) mass is 314 g/mol. The fourth-order valence-corrected chi connectivity index (χ4v) is 2.25. The molecule has 0 fully saturated rings. The lowest BCUT2D eigenvalue weighted by Gasteiger charge is -2.12. The Kier molecular flexibility index (Phi) is 4.52. The largest absolute Gasteiger partial charge is 0.492 e. The highest BCUT2D eigenvalue weighted by Crippen LogP contribution is 2.34. The second kappa shape index (κ2) is 6.91. The van der Waals surface area contributed by atoms with Crippen molar-refractivity contribution < 1.29 is 19.0 Å². The van der Waals surface area contributed by atoms with Crippen LogP contribution in [0.5, 0.6) is 17.2 Å². The van der Waals surface area contributed by atoms with Gasteiger partial charge >= 0.3 is 0 Å². The van der Waals surface area contributed by atoms with Gasteiger partial charge < -0.3 is 24.8 Å². The molecule has 0 aliphatic carbocycles. The molecule has 6 nitrogen and oxygen atoms in total. The van der Waals surface area contributed by atoms with E-state index in [1.54, 1.807) is 18.2 Å². The number of hydrogen-bond acceptors (Lipinski definition) is 5. The molecule has 2 aromatic rings. The van der Waals surface area contributed by atoms with Crippen molar-refractivity contribution in [2.75, 3.05) is 30.6 Å². The fourth-order valence-electron chi connectivity index (χ4n) is 2.25. The maximum atomic E-state index is 12.1. The van der Waals surface area contributed by atoms with Gasteiger partial charge in [0.05, 0.1) is 18.8 Å². The predicted octanol–water partition coefficient (Wildman–Crippen LogP) is 2.86. The van der Waals surface area contributed by atoms with E-state index in [1.165, 1.54) is 0 Å². The van der Waals surface area contributed by atoms with Gasteiger partial charge in [0, 0.05) is 11.8 Å². The molecule has 1 aliphatic rings. The summed E-state index contributed by atoms with van der Waals surface area (Å²) in [6.07, 6.45) is 0. The first-order valence-corrected chi connectivity index (χ1v) is 7.41. The number of amides is 1. The summed E-state index contributed by atoms with van der Waals surface area (Å²) in [7, 11) is 0. The van der Waals surface area contributed by atoms with Crippen LogP contribution in [0.25, 0.3) is 0 Å². The van der Waals surface area contributed by atoms with E-state index in [0.29, 0.717) is 23.8 Å². The highest BCUT2D eigenvalue weighted by molar-refractivity contribution is 5.94. The molecule has 120 valence electrons. The Morgan fingerprint density at radius 3 is 2.87 bits per heavy atom. The number of ether oxygens (including phenoxy) is 3. The third-order valence-electron chi connectivity index (χ3n) is 3.28. The van der Waals surface area contributed by atoms with Crippen molar-refractivity contribution in [3.05, 3.63) is 42.5 Å². The summed E-state index contributed by atoms with van der Waals surface area (Å²) in [5.74, 6) is 1.89. The van der Waals surface area contributed by atoms with Crippen LogP contribution >= 0.6 is 0 Å². The van der Waals surface area contributed by atoms with E-state index in [9.17, 15) is 4.79 Å². The number of carbonyl (C=O) groups excluding carboxylic acids is 1. The Bertz CT molecular complexity index is 703. The van der Waals surface area contributed by atoms with Crippen LogP contribution in [0, 0.1) is 0 Å². The van der Waals surface area contributed by atoms with Crippen molar-refractivity contribution in [2.24, 2.45) is 0 Å². The van der Waals surface area contributed by atoms with Crippen molar-refractivity contribution in [1.82, 2.24) is 0 Å². The molecule has 0 unspecified atom stereocenters. The van der Waals surface area contributed by atoms with Gasteiger partial charge in [0.15, 0.2) is 11.5 Å². The van der Waals surface area contributed by atoms with Crippen molar-refractivity contribution in [3.8, 4) is 17.2 Å². The van der Waals surface area contributed by atoms with Gasteiger partial charge in [-0.3, -0.25) is 4.79 Å². The lowest BCUT2D eigenvalue weighted by Crippen LogP contribution is -2.22. The van der Waals surface area contributed by atoms with Crippen molar-refractivity contribution in [2.45, 2.75) is 6.92 Å². The van der Waals surface area contributed by atoms with E-state index in [1.807, 2.05) is 31.2 Å². The molecule has 0 spiro atoms. The molecule has 1 heterocycles. The Hall–Kier alpha value is -2.89. The molecule has 1 amide bonds. The number of fused-ring (bicyclic) bond motifs is 1. The highest BCUT2D eigenvalue weighted by atomic mass is 16.7. The van der Waals surface area contributed by atoms with Crippen LogP contribution in [0.4, 0.5) is 11.4 Å². The van der Waals surface area contributed by atoms with Crippen molar-refractivity contribution >= 4 is 17.3 Å². The first-order valence-electron chi connectivity index (χ1n) is 7.41. The lowest BCUT2D eigenvalue weighted by molar-refractivity contribution is -0.114. The zero-order chi connectivity index (χ0) is 16.1. The van der Waals surface area contributed by atoms with Gasteiger partial charge in [0.1, 0.15) is 5.75 Å². The summed E-state index contributed by atoms with van der Waals surface area (Å²) < 4.78 is 16.0. The van der Waals surface area contributed by atoms with Gasteiger partial charge in [0.25, 0.3) is 0 Å². The quantitative estimate of drug-likeness (QED) is 0.858. The molecule has 0 saturated carbocycles. The third kappa shape index (κ3) is 3.66. The first-order chi connectivity index (χ1) is 11.3. The van der Waals surface area contributed by atoms with Crippen LogP contribution < -0.4 is 24.8 Å². The highest BCUT2D eigenvalue weighted by Gasteiger charge is 2.14. The van der Waals surface area contributed by atoms with Crippen LogP contribution in [-0.2, 0) is 4.79 Å². The third-order valence-corrected chi connectivity index (χ3v) is 3.28. The maximum Gasteiger partial charge on any atom is 0.243 e. The van der Waals surface area contributed by atoms with Crippen molar-refractivity contribution in [3.63, 3.8) is 0 Å². The molecular formula is C17H18N2O4. The van der Waals surface area contributed by atoms with Crippen LogP contribution in [0.15, 0.2) is 42.5 Å². The molecule has 0 aromatic heterocycles. The summed E-state index contributed by atoms with van der Waals surface area (Å²) in [5, 5.41) is 5.89. The van der Waals surface area contributed by atoms with Crippen molar-refractivity contribution in [1.29, 1.82) is 0 Å². The van der Waals surface area contributed by atoms with Gasteiger partial charge in [-0.25, -0.2) is 0 Å². The van der Waals surface area contributed by atoms with Gasteiger partial charge in [-0.15, -0.1) is 0 Å². The predicted molar refractivity (Wildman–Crippen MR) is 87.3 cm³/mol. The number of nitrogens with one attached hydrogen (secondary N) is 2. The standard InChI is InChI=1S/C17H18N2O4/c1-2-21-14-6-4-3-5-13(14)18-10-17(20)19-12-7-8-15-16(9-12)23-11-22-15/h3-9,18H,2,10-11H2,1H3,(H,19,20). The second-order valence-corrected chi connectivity index (χ2v) is 4.90.